The van der Waals surface area contributed by atoms with Gasteiger partial charge in [-0.1, -0.05) is 0 Å². The fourth-order valence-corrected chi connectivity index (χ4v) is 2.08. The van der Waals surface area contributed by atoms with E-state index in [1.165, 1.54) is 19.3 Å². The highest BCUT2D eigenvalue weighted by Gasteiger charge is 2.16. The van der Waals surface area contributed by atoms with E-state index in [1.807, 2.05) is 6.92 Å². The van der Waals surface area contributed by atoms with Gasteiger partial charge in [-0.3, -0.25) is 4.79 Å². The van der Waals surface area contributed by atoms with Crippen molar-refractivity contribution in [2.24, 2.45) is 5.73 Å². The average Bonchev–Trinajstić information content (AvgIpc) is 2.39. The van der Waals surface area contributed by atoms with Crippen LogP contribution in [-0.2, 0) is 0 Å². The predicted octanol–water partition coefficient (Wildman–Crippen LogP) is 0.917. The van der Waals surface area contributed by atoms with E-state index < -0.39 is 0 Å². The molecule has 0 atom stereocenters. The van der Waals surface area contributed by atoms with E-state index in [-0.39, 0.29) is 12.3 Å². The van der Waals surface area contributed by atoms with Crippen molar-refractivity contribution >= 4 is 11.7 Å². The number of rotatable bonds is 3. The molecule has 0 radical (unpaired) electrons. The van der Waals surface area contributed by atoms with Crippen LogP contribution in [0.2, 0.25) is 0 Å². The van der Waals surface area contributed by atoms with Gasteiger partial charge in [0.1, 0.15) is 0 Å². The van der Waals surface area contributed by atoms with Crippen molar-refractivity contribution in [3.63, 3.8) is 0 Å². The third kappa shape index (κ3) is 2.61. The fraction of sp³-hybridized carbons (Fsp3) is 0.583. The summed E-state index contributed by atoms with van der Waals surface area (Å²) in [6.07, 6.45) is 5.25. The molecule has 1 fully saturated rings. The van der Waals surface area contributed by atoms with E-state index in [4.69, 9.17) is 5.73 Å². The number of carbonyl (C=O) groups is 1. The molecule has 92 valence electrons. The second-order valence-electron chi connectivity index (χ2n) is 4.34. The van der Waals surface area contributed by atoms with Gasteiger partial charge >= 0.3 is 0 Å². The third-order valence-corrected chi connectivity index (χ3v) is 3.09. The van der Waals surface area contributed by atoms with E-state index in [1.54, 1.807) is 6.20 Å². The molecule has 1 aromatic heterocycles. The summed E-state index contributed by atoms with van der Waals surface area (Å²) in [6.45, 7) is 3.85. The van der Waals surface area contributed by atoms with Crippen molar-refractivity contribution in [2.45, 2.75) is 26.2 Å². The molecule has 1 saturated heterocycles. The molecule has 0 spiro atoms. The van der Waals surface area contributed by atoms with Gasteiger partial charge in [0.25, 0.3) is 0 Å². The first kappa shape index (κ1) is 12.0. The van der Waals surface area contributed by atoms with Crippen LogP contribution in [0.1, 0.15) is 35.3 Å². The standard InChI is InChI=1S/C12H18N4O/c1-9-10(11(17)7-13)8-14-12(15-9)16-5-3-2-4-6-16/h8H,2-7,13H2,1H3. The molecule has 1 aliphatic heterocycles. The van der Waals surface area contributed by atoms with Crippen LogP contribution in [0, 0.1) is 6.92 Å². The Bertz CT molecular complexity index is 413. The topological polar surface area (TPSA) is 72.1 Å². The Balaban J connectivity index is 2.20. The third-order valence-electron chi connectivity index (χ3n) is 3.09. The molecular formula is C12H18N4O. The number of aryl methyl sites for hydroxylation is 1. The Hall–Kier alpha value is -1.49. The Morgan fingerprint density at radius 3 is 2.71 bits per heavy atom. The van der Waals surface area contributed by atoms with Crippen molar-refractivity contribution in [1.82, 2.24) is 9.97 Å². The fourth-order valence-electron chi connectivity index (χ4n) is 2.08. The summed E-state index contributed by atoms with van der Waals surface area (Å²) in [5.41, 5.74) is 6.59. The van der Waals surface area contributed by atoms with Crippen LogP contribution < -0.4 is 10.6 Å². The van der Waals surface area contributed by atoms with Gasteiger partial charge in [-0.25, -0.2) is 9.97 Å². The number of piperidine rings is 1. The van der Waals surface area contributed by atoms with E-state index in [0.717, 1.165) is 24.7 Å². The highest BCUT2D eigenvalue weighted by Crippen LogP contribution is 2.16. The lowest BCUT2D eigenvalue weighted by Gasteiger charge is -2.26. The molecule has 2 N–H and O–H groups in total. The smallest absolute Gasteiger partial charge is 0.225 e. The zero-order chi connectivity index (χ0) is 12.3. The first-order valence-electron chi connectivity index (χ1n) is 6.04. The Morgan fingerprint density at radius 2 is 2.12 bits per heavy atom. The molecule has 2 rings (SSSR count). The molecule has 1 aliphatic rings. The van der Waals surface area contributed by atoms with E-state index in [9.17, 15) is 4.79 Å². The number of hydrogen-bond acceptors (Lipinski definition) is 5. The van der Waals surface area contributed by atoms with Crippen molar-refractivity contribution < 1.29 is 4.79 Å². The molecule has 5 nitrogen and oxygen atoms in total. The predicted molar refractivity (Wildman–Crippen MR) is 66.2 cm³/mol. The summed E-state index contributed by atoms with van der Waals surface area (Å²) in [4.78, 5) is 22.4. The minimum absolute atomic E-state index is 0.00720. The molecule has 0 amide bonds. The summed E-state index contributed by atoms with van der Waals surface area (Å²) in [6, 6.07) is 0. The maximum Gasteiger partial charge on any atom is 0.225 e. The number of nitrogens with two attached hydrogens (primary N) is 1. The minimum atomic E-state index is -0.104. The molecule has 17 heavy (non-hydrogen) atoms. The van der Waals surface area contributed by atoms with Gasteiger partial charge in [0, 0.05) is 19.3 Å². The highest BCUT2D eigenvalue weighted by molar-refractivity contribution is 5.98. The van der Waals surface area contributed by atoms with Gasteiger partial charge in [0.15, 0.2) is 5.78 Å². The Kier molecular flexibility index (Phi) is 3.68. The Labute approximate surface area is 101 Å². The van der Waals surface area contributed by atoms with Crippen molar-refractivity contribution in [2.75, 3.05) is 24.5 Å². The summed E-state index contributed by atoms with van der Waals surface area (Å²) in [5.74, 6) is 0.628. The second-order valence-corrected chi connectivity index (χ2v) is 4.34. The summed E-state index contributed by atoms with van der Waals surface area (Å²) >= 11 is 0. The highest BCUT2D eigenvalue weighted by atomic mass is 16.1. The number of hydrogen-bond donors (Lipinski definition) is 1. The molecular weight excluding hydrogens is 216 g/mol. The molecule has 2 heterocycles. The van der Waals surface area contributed by atoms with Gasteiger partial charge in [-0.15, -0.1) is 0 Å². The van der Waals surface area contributed by atoms with Gasteiger partial charge in [-0.2, -0.15) is 0 Å². The Morgan fingerprint density at radius 1 is 1.41 bits per heavy atom. The number of aromatic nitrogens is 2. The maximum atomic E-state index is 11.5. The van der Waals surface area contributed by atoms with Gasteiger partial charge in [0.2, 0.25) is 5.95 Å². The van der Waals surface area contributed by atoms with E-state index in [2.05, 4.69) is 14.9 Å². The molecule has 0 aliphatic carbocycles. The lowest BCUT2D eigenvalue weighted by Crippen LogP contribution is -2.31. The largest absolute Gasteiger partial charge is 0.341 e. The zero-order valence-corrected chi connectivity index (χ0v) is 10.1. The normalized spacial score (nSPS) is 16.0. The quantitative estimate of drug-likeness (QED) is 0.787. The van der Waals surface area contributed by atoms with Gasteiger partial charge in [-0.05, 0) is 26.2 Å². The van der Waals surface area contributed by atoms with Crippen LogP contribution in [-0.4, -0.2) is 35.4 Å². The molecule has 5 heteroatoms. The monoisotopic (exact) mass is 234 g/mol. The van der Waals surface area contributed by atoms with E-state index in [0.29, 0.717) is 5.56 Å². The summed E-state index contributed by atoms with van der Waals surface area (Å²) in [5, 5.41) is 0. The first-order valence-corrected chi connectivity index (χ1v) is 6.04. The number of ketones is 1. The van der Waals surface area contributed by atoms with Gasteiger partial charge < -0.3 is 10.6 Å². The van der Waals surface area contributed by atoms with Crippen LogP contribution in [0.4, 0.5) is 5.95 Å². The van der Waals surface area contributed by atoms with Crippen LogP contribution in [0.5, 0.6) is 0 Å². The molecule has 0 saturated carbocycles. The van der Waals surface area contributed by atoms with Crippen LogP contribution in [0.3, 0.4) is 0 Å². The SMILES string of the molecule is Cc1nc(N2CCCCC2)ncc1C(=O)CN. The molecule has 0 unspecified atom stereocenters. The molecule has 1 aromatic rings. The summed E-state index contributed by atoms with van der Waals surface area (Å²) in [7, 11) is 0. The van der Waals surface area contributed by atoms with Crippen molar-refractivity contribution in [3.8, 4) is 0 Å². The van der Waals surface area contributed by atoms with Crippen molar-refractivity contribution in [1.29, 1.82) is 0 Å². The lowest BCUT2D eigenvalue weighted by molar-refractivity contribution is 0.1000. The average molecular weight is 234 g/mol. The summed E-state index contributed by atoms with van der Waals surface area (Å²) < 4.78 is 0. The van der Waals surface area contributed by atoms with Crippen LogP contribution in [0.15, 0.2) is 6.20 Å². The number of anilines is 1. The van der Waals surface area contributed by atoms with Crippen LogP contribution >= 0.6 is 0 Å². The van der Waals surface area contributed by atoms with Crippen LogP contribution in [0.25, 0.3) is 0 Å². The second kappa shape index (κ2) is 5.23. The zero-order valence-electron chi connectivity index (χ0n) is 10.1. The van der Waals surface area contributed by atoms with E-state index >= 15 is 0 Å². The molecule has 0 bridgehead atoms. The van der Waals surface area contributed by atoms with Crippen molar-refractivity contribution in [3.05, 3.63) is 17.5 Å². The number of Topliss-reactive ketones (excluding diaryl/α,β-unsaturated/α-hetero) is 1. The number of carbonyl (C=O) groups excluding carboxylic acids is 1. The lowest BCUT2D eigenvalue weighted by atomic mass is 10.1. The molecule has 0 aromatic carbocycles. The first-order chi connectivity index (χ1) is 8.22. The maximum absolute atomic E-state index is 11.5. The number of nitrogens with zero attached hydrogens (tertiary/aromatic N) is 3. The minimum Gasteiger partial charge on any atom is -0.341 e. The van der Waals surface area contributed by atoms with Gasteiger partial charge in [0.05, 0.1) is 17.8 Å².